The van der Waals surface area contributed by atoms with Crippen LogP contribution < -0.4 is 5.32 Å². The molecule has 5 nitrogen and oxygen atoms in total. The minimum absolute atomic E-state index is 0.158. The van der Waals surface area contributed by atoms with Gasteiger partial charge in [-0.15, -0.1) is 0 Å². The highest BCUT2D eigenvalue weighted by molar-refractivity contribution is 6.31. The smallest absolute Gasteiger partial charge is 0.294 e. The average molecular weight is 289 g/mol. The van der Waals surface area contributed by atoms with Crippen molar-refractivity contribution in [2.24, 2.45) is 5.92 Å². The molecule has 1 aliphatic rings. The molecule has 0 aliphatic carbocycles. The third-order valence-corrected chi connectivity index (χ3v) is 3.42. The van der Waals surface area contributed by atoms with E-state index in [1.54, 1.807) is 0 Å². The highest BCUT2D eigenvalue weighted by Crippen LogP contribution is 2.30. The van der Waals surface area contributed by atoms with Gasteiger partial charge in [-0.3, -0.25) is 10.1 Å². The summed E-state index contributed by atoms with van der Waals surface area (Å²) >= 11 is 5.54. The number of ether oxygens (including phenoxy) is 1. The second-order valence-electron chi connectivity index (χ2n) is 4.49. The molecule has 1 aromatic rings. The SMILES string of the molecule is O=[N+]([O-])c1cc(Cl)c(F)cc1NCCC1CCOC1. The van der Waals surface area contributed by atoms with Crippen LogP contribution >= 0.6 is 11.6 Å². The quantitative estimate of drug-likeness (QED) is 0.667. The Bertz CT molecular complexity index is 478. The van der Waals surface area contributed by atoms with Gasteiger partial charge in [0.05, 0.1) is 9.95 Å². The summed E-state index contributed by atoms with van der Waals surface area (Å²) < 4.78 is 18.6. The molecule has 1 N–H and O–H groups in total. The van der Waals surface area contributed by atoms with Gasteiger partial charge in [0.1, 0.15) is 11.5 Å². The second kappa shape index (κ2) is 6.16. The van der Waals surface area contributed by atoms with Crippen molar-refractivity contribution in [3.05, 3.63) is 33.1 Å². The summed E-state index contributed by atoms with van der Waals surface area (Å²) in [6.07, 6.45) is 1.83. The third-order valence-electron chi connectivity index (χ3n) is 3.13. The summed E-state index contributed by atoms with van der Waals surface area (Å²) in [5, 5.41) is 13.5. The molecule has 0 radical (unpaired) electrons. The number of benzene rings is 1. The lowest BCUT2D eigenvalue weighted by Gasteiger charge is -2.10. The van der Waals surface area contributed by atoms with Gasteiger partial charge in [-0.05, 0) is 18.8 Å². The summed E-state index contributed by atoms with van der Waals surface area (Å²) in [5.41, 5.74) is -0.0557. The standard InChI is InChI=1S/C12H14ClFN2O3/c13-9-5-12(16(17)18)11(6-10(9)14)15-3-1-8-2-4-19-7-8/h5-6,8,15H,1-4,7H2. The molecule has 2 rings (SSSR count). The molecule has 1 atom stereocenters. The fraction of sp³-hybridized carbons (Fsp3) is 0.500. The Balaban J connectivity index is 2.01. The van der Waals surface area contributed by atoms with Crippen LogP contribution in [0.3, 0.4) is 0 Å². The van der Waals surface area contributed by atoms with E-state index in [-0.39, 0.29) is 16.4 Å². The summed E-state index contributed by atoms with van der Waals surface area (Å²) in [6, 6.07) is 2.09. The maximum Gasteiger partial charge on any atom is 0.294 e. The van der Waals surface area contributed by atoms with Gasteiger partial charge in [0.15, 0.2) is 0 Å². The Hall–Kier alpha value is -1.40. The Morgan fingerprint density at radius 2 is 2.37 bits per heavy atom. The summed E-state index contributed by atoms with van der Waals surface area (Å²) in [6.45, 7) is 2.02. The van der Waals surface area contributed by atoms with Crippen molar-refractivity contribution in [1.29, 1.82) is 0 Å². The lowest BCUT2D eigenvalue weighted by Crippen LogP contribution is -2.10. The van der Waals surface area contributed by atoms with Crippen LogP contribution in [0.2, 0.25) is 5.02 Å². The molecular weight excluding hydrogens is 275 g/mol. The largest absolute Gasteiger partial charge is 0.381 e. The van der Waals surface area contributed by atoms with E-state index in [4.69, 9.17) is 16.3 Å². The van der Waals surface area contributed by atoms with Crippen molar-refractivity contribution >= 4 is 23.0 Å². The number of hydrogen-bond donors (Lipinski definition) is 1. The third kappa shape index (κ3) is 3.54. The van der Waals surface area contributed by atoms with E-state index in [9.17, 15) is 14.5 Å². The summed E-state index contributed by atoms with van der Waals surface area (Å²) in [4.78, 5) is 10.3. The van der Waals surface area contributed by atoms with Gasteiger partial charge >= 0.3 is 0 Å². The predicted octanol–water partition coefficient (Wildman–Crippen LogP) is 3.23. The number of hydrogen-bond acceptors (Lipinski definition) is 4. The molecule has 1 unspecified atom stereocenters. The Kier molecular flexibility index (Phi) is 4.55. The second-order valence-corrected chi connectivity index (χ2v) is 4.89. The van der Waals surface area contributed by atoms with Crippen LogP contribution in [-0.4, -0.2) is 24.7 Å². The van der Waals surface area contributed by atoms with Crippen LogP contribution in [0.15, 0.2) is 12.1 Å². The van der Waals surface area contributed by atoms with Gasteiger partial charge < -0.3 is 10.1 Å². The lowest BCUT2D eigenvalue weighted by atomic mass is 10.1. The van der Waals surface area contributed by atoms with Crippen molar-refractivity contribution in [2.75, 3.05) is 25.1 Å². The maximum atomic E-state index is 13.3. The van der Waals surface area contributed by atoms with Crippen molar-refractivity contribution in [3.8, 4) is 0 Å². The monoisotopic (exact) mass is 288 g/mol. The van der Waals surface area contributed by atoms with Crippen LogP contribution in [0.4, 0.5) is 15.8 Å². The van der Waals surface area contributed by atoms with Crippen molar-refractivity contribution in [2.45, 2.75) is 12.8 Å². The molecule has 7 heteroatoms. The first-order valence-electron chi connectivity index (χ1n) is 6.03. The minimum atomic E-state index is -0.668. The molecule has 1 heterocycles. The Labute approximate surface area is 114 Å². The van der Waals surface area contributed by atoms with Gasteiger partial charge in [0.25, 0.3) is 5.69 Å². The molecular formula is C12H14ClFN2O3. The van der Waals surface area contributed by atoms with E-state index in [2.05, 4.69) is 5.32 Å². The molecule has 0 aromatic heterocycles. The van der Waals surface area contributed by atoms with E-state index in [1.807, 2.05) is 0 Å². The molecule has 1 fully saturated rings. The van der Waals surface area contributed by atoms with Crippen molar-refractivity contribution in [1.82, 2.24) is 0 Å². The van der Waals surface area contributed by atoms with Crippen LogP contribution in [0.5, 0.6) is 0 Å². The number of halogens is 2. The van der Waals surface area contributed by atoms with Gasteiger partial charge in [-0.2, -0.15) is 0 Å². The van der Waals surface area contributed by atoms with Gasteiger partial charge in [0.2, 0.25) is 0 Å². The van der Waals surface area contributed by atoms with Gasteiger partial charge in [-0.25, -0.2) is 4.39 Å². The summed E-state index contributed by atoms with van der Waals surface area (Å²) in [5.74, 6) is -0.206. The normalized spacial score (nSPS) is 18.5. The first kappa shape index (κ1) is 14.0. The predicted molar refractivity (Wildman–Crippen MR) is 70.1 cm³/mol. The lowest BCUT2D eigenvalue weighted by molar-refractivity contribution is -0.384. The average Bonchev–Trinajstić information content (AvgIpc) is 2.86. The van der Waals surface area contributed by atoms with Crippen molar-refractivity contribution in [3.63, 3.8) is 0 Å². The number of rotatable bonds is 5. The molecule has 0 bridgehead atoms. The van der Waals surface area contributed by atoms with E-state index in [1.165, 1.54) is 0 Å². The zero-order valence-electron chi connectivity index (χ0n) is 10.2. The van der Waals surface area contributed by atoms with Gasteiger partial charge in [-0.1, -0.05) is 11.6 Å². The molecule has 0 saturated carbocycles. The Morgan fingerprint density at radius 3 is 3.00 bits per heavy atom. The number of nitrogens with one attached hydrogen (secondary N) is 1. The minimum Gasteiger partial charge on any atom is -0.381 e. The highest BCUT2D eigenvalue weighted by Gasteiger charge is 2.19. The first-order valence-corrected chi connectivity index (χ1v) is 6.41. The van der Waals surface area contributed by atoms with Crippen molar-refractivity contribution < 1.29 is 14.1 Å². The molecule has 1 saturated heterocycles. The fourth-order valence-electron chi connectivity index (χ4n) is 2.05. The van der Waals surface area contributed by atoms with Gasteiger partial charge in [0, 0.05) is 31.9 Å². The maximum absolute atomic E-state index is 13.3. The van der Waals surface area contributed by atoms with Crippen LogP contribution in [-0.2, 0) is 4.74 Å². The number of nitro benzene ring substituents is 1. The van der Waals surface area contributed by atoms with E-state index >= 15 is 0 Å². The summed E-state index contributed by atoms with van der Waals surface area (Å²) in [7, 11) is 0. The number of anilines is 1. The zero-order chi connectivity index (χ0) is 13.8. The van der Waals surface area contributed by atoms with Crippen LogP contribution in [0, 0.1) is 21.8 Å². The molecule has 1 aliphatic heterocycles. The fourth-order valence-corrected chi connectivity index (χ4v) is 2.21. The molecule has 0 spiro atoms. The van der Waals surface area contributed by atoms with Crippen LogP contribution in [0.25, 0.3) is 0 Å². The Morgan fingerprint density at radius 1 is 1.58 bits per heavy atom. The topological polar surface area (TPSA) is 64.4 Å². The molecule has 104 valence electrons. The van der Waals surface area contributed by atoms with E-state index in [0.29, 0.717) is 12.5 Å². The van der Waals surface area contributed by atoms with E-state index < -0.39 is 10.7 Å². The first-order chi connectivity index (χ1) is 9.08. The molecule has 0 amide bonds. The molecule has 19 heavy (non-hydrogen) atoms. The number of nitrogens with zero attached hydrogens (tertiary/aromatic N) is 1. The van der Waals surface area contributed by atoms with Crippen LogP contribution in [0.1, 0.15) is 12.8 Å². The molecule has 1 aromatic carbocycles. The highest BCUT2D eigenvalue weighted by atomic mass is 35.5. The number of nitro groups is 1. The van der Waals surface area contributed by atoms with E-state index in [0.717, 1.165) is 38.2 Å². The zero-order valence-corrected chi connectivity index (χ0v) is 11.0.